The number of aryl methyl sites for hydroxylation is 1. The highest BCUT2D eigenvalue weighted by Gasteiger charge is 2.21. The van der Waals surface area contributed by atoms with Gasteiger partial charge in [-0.25, -0.2) is 4.79 Å². The summed E-state index contributed by atoms with van der Waals surface area (Å²) >= 11 is 0. The number of nitrogens with zero attached hydrogens (tertiary/aromatic N) is 1. The van der Waals surface area contributed by atoms with Gasteiger partial charge in [0.15, 0.2) is 0 Å². The first-order valence-corrected chi connectivity index (χ1v) is 10.6. The molecule has 9 heteroatoms. The lowest BCUT2D eigenvalue weighted by Crippen LogP contribution is -2.42. The van der Waals surface area contributed by atoms with Crippen LogP contribution in [0.3, 0.4) is 0 Å². The summed E-state index contributed by atoms with van der Waals surface area (Å²) in [6.07, 6.45) is 3.01. The summed E-state index contributed by atoms with van der Waals surface area (Å²) in [5.74, 6) is -1.37. The summed E-state index contributed by atoms with van der Waals surface area (Å²) in [4.78, 5) is 42.4. The highest BCUT2D eigenvalue weighted by atomic mass is 16.4. The first kappa shape index (κ1) is 23.5. The number of benzene rings is 2. The molecule has 0 spiro atoms. The van der Waals surface area contributed by atoms with E-state index in [4.69, 9.17) is 11.5 Å². The summed E-state index contributed by atoms with van der Waals surface area (Å²) in [6.45, 7) is 0. The lowest BCUT2D eigenvalue weighted by atomic mass is 10.0. The Labute approximate surface area is 190 Å². The predicted octanol–water partition coefficient (Wildman–Crippen LogP) is 1.93. The van der Waals surface area contributed by atoms with E-state index in [-0.39, 0.29) is 23.7 Å². The zero-order valence-corrected chi connectivity index (χ0v) is 18.1. The van der Waals surface area contributed by atoms with Crippen LogP contribution in [-0.4, -0.2) is 33.0 Å². The average molecular weight is 450 g/mol. The molecule has 0 saturated heterocycles. The van der Waals surface area contributed by atoms with Gasteiger partial charge in [0, 0.05) is 12.0 Å². The Kier molecular flexibility index (Phi) is 7.80. The van der Waals surface area contributed by atoms with Crippen LogP contribution >= 0.6 is 0 Å². The van der Waals surface area contributed by atoms with Gasteiger partial charge in [-0.1, -0.05) is 42.5 Å². The van der Waals surface area contributed by atoms with E-state index in [1.807, 2.05) is 42.5 Å². The second kappa shape index (κ2) is 10.9. The lowest BCUT2D eigenvalue weighted by molar-refractivity contribution is -0.139. The SMILES string of the molecule is Nc1nc(N)c(CCCCc2ccc(C(=O)N[C@@H](Cc3ccccc3)C(=O)O)cc2)c(=O)[nH]1. The molecular formula is C24H27N5O4. The molecule has 0 unspecified atom stereocenters. The van der Waals surface area contributed by atoms with E-state index in [0.29, 0.717) is 17.5 Å². The van der Waals surface area contributed by atoms with E-state index in [1.54, 1.807) is 12.1 Å². The van der Waals surface area contributed by atoms with Crippen molar-refractivity contribution in [2.24, 2.45) is 0 Å². The van der Waals surface area contributed by atoms with Gasteiger partial charge in [-0.15, -0.1) is 0 Å². The number of hydrogen-bond donors (Lipinski definition) is 5. The number of nitrogens with two attached hydrogens (primary N) is 2. The maximum atomic E-state index is 12.5. The number of carboxylic acid groups (broad SMARTS) is 1. The number of rotatable bonds is 10. The van der Waals surface area contributed by atoms with Gasteiger partial charge >= 0.3 is 5.97 Å². The Hall–Kier alpha value is -4.14. The molecule has 7 N–H and O–H groups in total. The fraction of sp³-hybridized carbons (Fsp3) is 0.250. The minimum Gasteiger partial charge on any atom is -0.480 e. The first-order valence-electron chi connectivity index (χ1n) is 10.6. The summed E-state index contributed by atoms with van der Waals surface area (Å²) in [6, 6.07) is 15.2. The van der Waals surface area contributed by atoms with E-state index < -0.39 is 17.9 Å². The molecule has 1 amide bonds. The molecule has 2 aromatic carbocycles. The lowest BCUT2D eigenvalue weighted by Gasteiger charge is -2.15. The van der Waals surface area contributed by atoms with Crippen LogP contribution in [0.1, 0.15) is 39.9 Å². The smallest absolute Gasteiger partial charge is 0.326 e. The van der Waals surface area contributed by atoms with E-state index in [1.165, 1.54) is 0 Å². The van der Waals surface area contributed by atoms with Crippen molar-refractivity contribution in [2.45, 2.75) is 38.1 Å². The molecule has 1 aromatic heterocycles. The number of anilines is 2. The topological polar surface area (TPSA) is 164 Å². The molecule has 0 radical (unpaired) electrons. The minimum atomic E-state index is -1.08. The quantitative estimate of drug-likeness (QED) is 0.295. The van der Waals surface area contributed by atoms with Gasteiger partial charge in [0.25, 0.3) is 11.5 Å². The second-order valence-electron chi connectivity index (χ2n) is 7.77. The molecule has 0 aliphatic rings. The van der Waals surface area contributed by atoms with E-state index in [9.17, 15) is 19.5 Å². The van der Waals surface area contributed by atoms with Gasteiger partial charge in [0.1, 0.15) is 11.9 Å². The molecule has 33 heavy (non-hydrogen) atoms. The monoisotopic (exact) mass is 449 g/mol. The Morgan fingerprint density at radius 1 is 0.970 bits per heavy atom. The molecule has 3 rings (SSSR count). The van der Waals surface area contributed by atoms with Crippen molar-refractivity contribution in [3.63, 3.8) is 0 Å². The van der Waals surface area contributed by atoms with Crippen molar-refractivity contribution in [2.75, 3.05) is 11.5 Å². The summed E-state index contributed by atoms with van der Waals surface area (Å²) < 4.78 is 0. The highest BCUT2D eigenvalue weighted by molar-refractivity contribution is 5.96. The van der Waals surface area contributed by atoms with Gasteiger partial charge in [-0.3, -0.25) is 14.6 Å². The van der Waals surface area contributed by atoms with Crippen molar-refractivity contribution in [3.05, 3.63) is 87.2 Å². The van der Waals surface area contributed by atoms with Gasteiger partial charge in [-0.05, 0) is 48.9 Å². The number of aromatic nitrogens is 2. The Morgan fingerprint density at radius 2 is 1.64 bits per heavy atom. The van der Waals surface area contributed by atoms with Crippen molar-refractivity contribution in [3.8, 4) is 0 Å². The largest absolute Gasteiger partial charge is 0.480 e. The van der Waals surface area contributed by atoms with Crippen molar-refractivity contribution in [1.29, 1.82) is 0 Å². The fourth-order valence-corrected chi connectivity index (χ4v) is 3.52. The number of carbonyl (C=O) groups excluding carboxylic acids is 1. The Morgan fingerprint density at radius 3 is 2.27 bits per heavy atom. The van der Waals surface area contributed by atoms with Crippen LogP contribution in [0.4, 0.5) is 11.8 Å². The third-order valence-electron chi connectivity index (χ3n) is 5.31. The molecular weight excluding hydrogens is 422 g/mol. The maximum Gasteiger partial charge on any atom is 0.326 e. The number of aliphatic carboxylic acids is 1. The highest BCUT2D eigenvalue weighted by Crippen LogP contribution is 2.12. The minimum absolute atomic E-state index is 0.000109. The molecule has 1 atom stereocenters. The maximum absolute atomic E-state index is 12.5. The molecule has 0 aliphatic carbocycles. The number of hydrogen-bond acceptors (Lipinski definition) is 6. The van der Waals surface area contributed by atoms with Gasteiger partial charge < -0.3 is 21.9 Å². The zero-order valence-electron chi connectivity index (χ0n) is 18.1. The number of carboxylic acids is 1. The molecule has 9 nitrogen and oxygen atoms in total. The predicted molar refractivity (Wildman–Crippen MR) is 126 cm³/mol. The summed E-state index contributed by atoms with van der Waals surface area (Å²) in [5, 5.41) is 12.1. The third-order valence-corrected chi connectivity index (χ3v) is 5.31. The van der Waals surface area contributed by atoms with Gasteiger partial charge in [0.2, 0.25) is 5.95 Å². The van der Waals surface area contributed by atoms with E-state index in [2.05, 4.69) is 15.3 Å². The molecule has 0 fully saturated rings. The van der Waals surface area contributed by atoms with Crippen LogP contribution in [0.15, 0.2) is 59.4 Å². The van der Waals surface area contributed by atoms with Crippen LogP contribution < -0.4 is 22.3 Å². The van der Waals surface area contributed by atoms with Crippen molar-refractivity contribution in [1.82, 2.24) is 15.3 Å². The van der Waals surface area contributed by atoms with Gasteiger partial charge in [0.05, 0.1) is 5.56 Å². The van der Waals surface area contributed by atoms with Gasteiger partial charge in [-0.2, -0.15) is 4.98 Å². The molecule has 0 saturated carbocycles. The fourth-order valence-electron chi connectivity index (χ4n) is 3.52. The second-order valence-corrected chi connectivity index (χ2v) is 7.77. The van der Waals surface area contributed by atoms with E-state index in [0.717, 1.165) is 30.4 Å². The molecule has 0 bridgehead atoms. The van der Waals surface area contributed by atoms with Crippen LogP contribution in [0, 0.1) is 0 Å². The Balaban J connectivity index is 1.51. The number of amides is 1. The van der Waals surface area contributed by atoms with Crippen molar-refractivity contribution >= 4 is 23.6 Å². The Bertz CT molecular complexity index is 1160. The normalized spacial score (nSPS) is 11.6. The molecule has 172 valence electrons. The number of nitrogens with one attached hydrogen (secondary N) is 2. The average Bonchev–Trinajstić information content (AvgIpc) is 2.78. The van der Waals surface area contributed by atoms with Crippen molar-refractivity contribution < 1.29 is 14.7 Å². The van der Waals surface area contributed by atoms with E-state index >= 15 is 0 Å². The number of carbonyl (C=O) groups is 2. The number of aromatic amines is 1. The van der Waals surface area contributed by atoms with Crippen LogP contribution in [0.2, 0.25) is 0 Å². The number of unbranched alkanes of at least 4 members (excludes halogenated alkanes) is 1. The third kappa shape index (κ3) is 6.67. The number of nitrogen functional groups attached to an aromatic ring is 2. The van der Waals surface area contributed by atoms with Crippen LogP contribution in [0.5, 0.6) is 0 Å². The van der Waals surface area contributed by atoms with Crippen LogP contribution in [-0.2, 0) is 24.1 Å². The number of H-pyrrole nitrogens is 1. The summed E-state index contributed by atoms with van der Waals surface area (Å²) in [7, 11) is 0. The first-order chi connectivity index (χ1) is 15.8. The van der Waals surface area contributed by atoms with Crippen LogP contribution in [0.25, 0.3) is 0 Å². The molecule has 1 heterocycles. The standard InChI is InChI=1S/C24H27N5O4/c25-20-18(22(31)29-24(26)28-20)9-5-4-6-15-10-12-17(13-11-15)21(30)27-19(23(32)33)14-16-7-2-1-3-8-16/h1-3,7-8,10-13,19H,4-6,9,14H2,(H,27,30)(H,32,33)(H5,25,26,28,29,31)/t19-/m0/s1. The molecule has 0 aliphatic heterocycles. The zero-order chi connectivity index (χ0) is 23.8. The summed E-state index contributed by atoms with van der Waals surface area (Å²) in [5.41, 5.74) is 13.6. The molecule has 3 aromatic rings.